The van der Waals surface area contributed by atoms with Gasteiger partial charge in [-0.1, -0.05) is 0 Å². The largest absolute Gasteiger partial charge is 0.396 e. The zero-order valence-electron chi connectivity index (χ0n) is 10.7. The number of anilines is 2. The van der Waals surface area contributed by atoms with Crippen molar-refractivity contribution < 1.29 is 13.3 Å². The molecule has 7 heteroatoms. The highest BCUT2D eigenvalue weighted by atomic mass is 19.1. The molecule has 2 aromatic rings. The second-order valence-corrected chi connectivity index (χ2v) is 3.93. The molecule has 0 atom stereocenters. The molecule has 0 unspecified atom stereocenters. The second kappa shape index (κ2) is 5.21. The molecule has 0 aliphatic carbocycles. The van der Waals surface area contributed by atoms with Crippen molar-refractivity contribution in [1.82, 2.24) is 10.1 Å². The average molecular weight is 268 g/mol. The molecule has 19 heavy (non-hydrogen) atoms. The normalized spacial score (nSPS) is 10.7. The Balaban J connectivity index is 2.40. The van der Waals surface area contributed by atoms with Crippen LogP contribution in [0.25, 0.3) is 11.5 Å². The van der Waals surface area contributed by atoms with Crippen LogP contribution in [0.3, 0.4) is 0 Å². The van der Waals surface area contributed by atoms with Crippen LogP contribution in [0.15, 0.2) is 16.7 Å². The van der Waals surface area contributed by atoms with Crippen molar-refractivity contribution in [2.24, 2.45) is 0 Å². The number of nitrogen functional groups attached to an aromatic ring is 1. The van der Waals surface area contributed by atoms with E-state index in [1.807, 2.05) is 18.7 Å². The first-order valence-corrected chi connectivity index (χ1v) is 5.90. The van der Waals surface area contributed by atoms with Crippen molar-refractivity contribution in [3.05, 3.63) is 23.8 Å². The highest BCUT2D eigenvalue weighted by Crippen LogP contribution is 2.26. The Morgan fingerprint density at radius 2 is 1.89 bits per heavy atom. The SMILES string of the molecule is CCN(CC)c1noc(-c2cc(N)c(F)cc2F)n1. The van der Waals surface area contributed by atoms with E-state index in [0.717, 1.165) is 6.07 Å². The van der Waals surface area contributed by atoms with E-state index in [4.69, 9.17) is 10.3 Å². The van der Waals surface area contributed by atoms with E-state index < -0.39 is 11.6 Å². The molecular formula is C12H14F2N4O. The van der Waals surface area contributed by atoms with Crippen LogP contribution < -0.4 is 10.6 Å². The summed E-state index contributed by atoms with van der Waals surface area (Å²) >= 11 is 0. The van der Waals surface area contributed by atoms with Crippen molar-refractivity contribution >= 4 is 11.6 Å². The van der Waals surface area contributed by atoms with Crippen molar-refractivity contribution in [1.29, 1.82) is 0 Å². The minimum absolute atomic E-state index is 0.00944. The Hall–Kier alpha value is -2.18. The van der Waals surface area contributed by atoms with E-state index in [0.29, 0.717) is 25.1 Å². The van der Waals surface area contributed by atoms with Gasteiger partial charge in [0.2, 0.25) is 0 Å². The molecule has 0 bridgehead atoms. The number of hydrogen-bond donors (Lipinski definition) is 1. The fraction of sp³-hybridized carbons (Fsp3) is 0.333. The summed E-state index contributed by atoms with van der Waals surface area (Å²) < 4.78 is 31.7. The molecule has 0 radical (unpaired) electrons. The van der Waals surface area contributed by atoms with Crippen LogP contribution >= 0.6 is 0 Å². The monoisotopic (exact) mass is 268 g/mol. The Morgan fingerprint density at radius 1 is 1.21 bits per heavy atom. The number of benzene rings is 1. The maximum absolute atomic E-state index is 13.7. The molecule has 0 aliphatic rings. The Labute approximate surface area is 109 Å². The van der Waals surface area contributed by atoms with E-state index in [1.54, 1.807) is 0 Å². The third-order valence-corrected chi connectivity index (χ3v) is 2.78. The Kier molecular flexibility index (Phi) is 3.64. The first-order valence-electron chi connectivity index (χ1n) is 5.90. The summed E-state index contributed by atoms with van der Waals surface area (Å²) in [6.07, 6.45) is 0. The van der Waals surface area contributed by atoms with Gasteiger partial charge in [0.05, 0.1) is 11.3 Å². The van der Waals surface area contributed by atoms with Gasteiger partial charge in [0.15, 0.2) is 0 Å². The lowest BCUT2D eigenvalue weighted by Gasteiger charge is -2.14. The van der Waals surface area contributed by atoms with Crippen LogP contribution in [0.1, 0.15) is 13.8 Å². The molecule has 0 amide bonds. The summed E-state index contributed by atoms with van der Waals surface area (Å²) in [6, 6.07) is 1.84. The molecule has 102 valence electrons. The van der Waals surface area contributed by atoms with Gasteiger partial charge in [0.1, 0.15) is 11.6 Å². The maximum atomic E-state index is 13.7. The number of nitrogens with two attached hydrogens (primary N) is 1. The van der Waals surface area contributed by atoms with Crippen LogP contribution in [0.4, 0.5) is 20.4 Å². The van der Waals surface area contributed by atoms with Crippen LogP contribution in [0.5, 0.6) is 0 Å². The van der Waals surface area contributed by atoms with E-state index in [-0.39, 0.29) is 17.1 Å². The van der Waals surface area contributed by atoms with Gasteiger partial charge in [-0.25, -0.2) is 8.78 Å². The second-order valence-electron chi connectivity index (χ2n) is 3.93. The molecule has 1 heterocycles. The van der Waals surface area contributed by atoms with Crippen LogP contribution in [0.2, 0.25) is 0 Å². The molecule has 0 fully saturated rings. The molecule has 0 saturated carbocycles. The van der Waals surface area contributed by atoms with Crippen molar-refractivity contribution in [2.75, 3.05) is 23.7 Å². The molecule has 0 spiro atoms. The zero-order chi connectivity index (χ0) is 14.0. The van der Waals surface area contributed by atoms with E-state index in [2.05, 4.69) is 10.1 Å². The highest BCUT2D eigenvalue weighted by molar-refractivity contribution is 5.61. The molecule has 5 nitrogen and oxygen atoms in total. The maximum Gasteiger partial charge on any atom is 0.266 e. The predicted octanol–water partition coefficient (Wildman–Crippen LogP) is 2.44. The van der Waals surface area contributed by atoms with Gasteiger partial charge >= 0.3 is 0 Å². The minimum Gasteiger partial charge on any atom is -0.396 e. The van der Waals surface area contributed by atoms with Crippen molar-refractivity contribution in [2.45, 2.75) is 13.8 Å². The lowest BCUT2D eigenvalue weighted by atomic mass is 10.2. The van der Waals surface area contributed by atoms with Crippen LogP contribution in [-0.4, -0.2) is 23.2 Å². The minimum atomic E-state index is -0.815. The Bertz CT molecular complexity index is 581. The van der Waals surface area contributed by atoms with Gasteiger partial charge < -0.3 is 15.2 Å². The molecule has 2 N–H and O–H groups in total. The van der Waals surface area contributed by atoms with Gasteiger partial charge in [-0.15, -0.1) is 0 Å². The number of rotatable bonds is 4. The van der Waals surface area contributed by atoms with Gasteiger partial charge in [0, 0.05) is 19.2 Å². The molecule has 1 aromatic heterocycles. The summed E-state index contributed by atoms with van der Waals surface area (Å²) in [5, 5.41) is 3.77. The topological polar surface area (TPSA) is 68.2 Å². The third kappa shape index (κ3) is 2.49. The summed E-state index contributed by atoms with van der Waals surface area (Å²) in [6.45, 7) is 5.28. The third-order valence-electron chi connectivity index (χ3n) is 2.78. The van der Waals surface area contributed by atoms with Gasteiger partial charge in [-0.2, -0.15) is 4.98 Å². The van der Waals surface area contributed by atoms with Gasteiger partial charge in [-0.3, -0.25) is 0 Å². The van der Waals surface area contributed by atoms with E-state index >= 15 is 0 Å². The molecule has 2 rings (SSSR count). The number of hydrogen-bond acceptors (Lipinski definition) is 5. The predicted molar refractivity (Wildman–Crippen MR) is 67.6 cm³/mol. The van der Waals surface area contributed by atoms with Crippen molar-refractivity contribution in [3.63, 3.8) is 0 Å². The smallest absolute Gasteiger partial charge is 0.266 e. The first kappa shape index (κ1) is 13.3. The van der Waals surface area contributed by atoms with Gasteiger partial charge in [-0.05, 0) is 25.1 Å². The van der Waals surface area contributed by atoms with Gasteiger partial charge in [0.25, 0.3) is 11.8 Å². The summed E-state index contributed by atoms with van der Waals surface area (Å²) in [5.41, 5.74) is 5.23. The zero-order valence-corrected chi connectivity index (χ0v) is 10.7. The summed E-state index contributed by atoms with van der Waals surface area (Å²) in [7, 11) is 0. The number of aromatic nitrogens is 2. The Morgan fingerprint density at radius 3 is 2.53 bits per heavy atom. The lowest BCUT2D eigenvalue weighted by molar-refractivity contribution is 0.427. The standard InChI is InChI=1S/C12H14F2N4O/c1-3-18(4-2)12-16-11(19-17-12)7-5-10(15)9(14)6-8(7)13/h5-6H,3-4,15H2,1-2H3. The lowest BCUT2D eigenvalue weighted by Crippen LogP contribution is -2.22. The first-order chi connectivity index (χ1) is 9.06. The number of nitrogens with zero attached hydrogens (tertiary/aromatic N) is 3. The molecule has 0 aliphatic heterocycles. The molecule has 1 aromatic carbocycles. The van der Waals surface area contributed by atoms with Crippen LogP contribution in [0, 0.1) is 11.6 Å². The quantitative estimate of drug-likeness (QED) is 0.862. The summed E-state index contributed by atoms with van der Waals surface area (Å²) in [5.74, 6) is -1.26. The summed E-state index contributed by atoms with van der Waals surface area (Å²) in [4.78, 5) is 5.93. The van der Waals surface area contributed by atoms with E-state index in [9.17, 15) is 8.78 Å². The number of halogens is 2. The van der Waals surface area contributed by atoms with E-state index in [1.165, 1.54) is 0 Å². The average Bonchev–Trinajstić information content (AvgIpc) is 2.85. The fourth-order valence-electron chi connectivity index (χ4n) is 1.69. The van der Waals surface area contributed by atoms with Crippen molar-refractivity contribution in [3.8, 4) is 11.5 Å². The molecular weight excluding hydrogens is 254 g/mol. The van der Waals surface area contributed by atoms with Crippen LogP contribution in [-0.2, 0) is 0 Å². The fourth-order valence-corrected chi connectivity index (χ4v) is 1.69. The highest BCUT2D eigenvalue weighted by Gasteiger charge is 2.17. The molecule has 0 saturated heterocycles.